The Morgan fingerprint density at radius 1 is 1.27 bits per heavy atom. The molecule has 0 heterocycles. The van der Waals surface area contributed by atoms with Crippen molar-refractivity contribution in [2.75, 3.05) is 7.05 Å². The van der Waals surface area contributed by atoms with E-state index in [0.717, 1.165) is 11.1 Å². The van der Waals surface area contributed by atoms with Gasteiger partial charge in [-0.15, -0.1) is 0 Å². The van der Waals surface area contributed by atoms with Crippen molar-refractivity contribution in [3.8, 4) is 0 Å². The second-order valence-electron chi connectivity index (χ2n) is 5.11. The van der Waals surface area contributed by atoms with Gasteiger partial charge in [0.05, 0.1) is 0 Å². The van der Waals surface area contributed by atoms with E-state index in [2.05, 4.69) is 26.1 Å². The molecule has 0 radical (unpaired) electrons. The minimum atomic E-state index is -0.130. The number of hydrogen-bond donors (Lipinski definition) is 1. The van der Waals surface area contributed by atoms with E-state index in [9.17, 15) is 4.39 Å². The monoisotopic (exact) mass is 209 g/mol. The van der Waals surface area contributed by atoms with Crippen LogP contribution < -0.4 is 5.32 Å². The van der Waals surface area contributed by atoms with E-state index >= 15 is 0 Å². The summed E-state index contributed by atoms with van der Waals surface area (Å²) >= 11 is 0. The summed E-state index contributed by atoms with van der Waals surface area (Å²) in [6, 6.07) is 5.30. The van der Waals surface area contributed by atoms with Crippen molar-refractivity contribution in [2.24, 2.45) is 5.41 Å². The molecule has 1 atom stereocenters. The van der Waals surface area contributed by atoms with Gasteiger partial charge in [-0.05, 0) is 25.5 Å². The smallest absolute Gasteiger partial charge is 0.128 e. The maximum absolute atomic E-state index is 13.7. The van der Waals surface area contributed by atoms with Crippen molar-refractivity contribution in [3.05, 3.63) is 35.1 Å². The van der Waals surface area contributed by atoms with E-state index in [1.54, 1.807) is 12.1 Å². The van der Waals surface area contributed by atoms with Crippen LogP contribution in [0.3, 0.4) is 0 Å². The third kappa shape index (κ3) is 2.78. The molecule has 1 unspecified atom stereocenters. The Kier molecular flexibility index (Phi) is 3.50. The highest BCUT2D eigenvalue weighted by molar-refractivity contribution is 5.28. The highest BCUT2D eigenvalue weighted by Gasteiger charge is 2.26. The molecule has 0 saturated heterocycles. The predicted octanol–water partition coefficient (Wildman–Crippen LogP) is 3.44. The lowest BCUT2D eigenvalue weighted by atomic mass is 9.82. The molecule has 1 aromatic rings. The minimum absolute atomic E-state index is 0.00336. The third-order valence-electron chi connectivity index (χ3n) is 2.62. The number of aryl methyl sites for hydroxylation is 1. The Balaban J connectivity index is 3.18. The van der Waals surface area contributed by atoms with Gasteiger partial charge in [0.1, 0.15) is 5.82 Å². The standard InChI is InChI=1S/C13H20FN/c1-9-6-7-11(14)10(8-9)12(15-5)13(2,3)4/h6-8,12,15H,1-5H3. The fourth-order valence-electron chi connectivity index (χ4n) is 1.94. The molecule has 0 aliphatic carbocycles. The van der Waals surface area contributed by atoms with Crippen molar-refractivity contribution in [1.29, 1.82) is 0 Å². The Bertz CT molecular complexity index is 339. The van der Waals surface area contributed by atoms with E-state index in [1.807, 2.05) is 20.0 Å². The normalized spacial score (nSPS) is 14.0. The van der Waals surface area contributed by atoms with Gasteiger partial charge in [0.15, 0.2) is 0 Å². The molecule has 1 rings (SSSR count). The van der Waals surface area contributed by atoms with E-state index in [4.69, 9.17) is 0 Å². The lowest BCUT2D eigenvalue weighted by molar-refractivity contribution is 0.280. The van der Waals surface area contributed by atoms with Crippen LogP contribution in [0.15, 0.2) is 18.2 Å². The van der Waals surface area contributed by atoms with E-state index in [1.165, 1.54) is 0 Å². The minimum Gasteiger partial charge on any atom is -0.312 e. The van der Waals surface area contributed by atoms with Crippen LogP contribution in [0, 0.1) is 18.2 Å². The average Bonchev–Trinajstić information content (AvgIpc) is 2.10. The Hall–Kier alpha value is -0.890. The molecule has 84 valence electrons. The number of halogens is 1. The van der Waals surface area contributed by atoms with Gasteiger partial charge in [-0.1, -0.05) is 38.5 Å². The molecule has 0 saturated carbocycles. The first-order valence-corrected chi connectivity index (χ1v) is 5.29. The van der Waals surface area contributed by atoms with Crippen molar-refractivity contribution in [3.63, 3.8) is 0 Å². The fourth-order valence-corrected chi connectivity index (χ4v) is 1.94. The predicted molar refractivity (Wildman–Crippen MR) is 62.4 cm³/mol. The summed E-state index contributed by atoms with van der Waals surface area (Å²) in [6.07, 6.45) is 0. The molecule has 0 aliphatic rings. The van der Waals surface area contributed by atoms with E-state index < -0.39 is 0 Å². The number of benzene rings is 1. The summed E-state index contributed by atoms with van der Waals surface area (Å²) in [5, 5.41) is 3.19. The summed E-state index contributed by atoms with van der Waals surface area (Å²) < 4.78 is 13.7. The van der Waals surface area contributed by atoms with Crippen molar-refractivity contribution < 1.29 is 4.39 Å². The fraction of sp³-hybridized carbons (Fsp3) is 0.538. The van der Waals surface area contributed by atoms with Gasteiger partial charge in [-0.3, -0.25) is 0 Å². The molecule has 1 N–H and O–H groups in total. The SMILES string of the molecule is CNC(c1cc(C)ccc1F)C(C)(C)C. The van der Waals surface area contributed by atoms with Crippen LogP contribution in [0.4, 0.5) is 4.39 Å². The molecule has 1 nitrogen and oxygen atoms in total. The van der Waals surface area contributed by atoms with Gasteiger partial charge in [0, 0.05) is 11.6 Å². The lowest BCUT2D eigenvalue weighted by Crippen LogP contribution is -2.30. The van der Waals surface area contributed by atoms with E-state index in [0.29, 0.717) is 0 Å². The van der Waals surface area contributed by atoms with E-state index in [-0.39, 0.29) is 17.3 Å². The van der Waals surface area contributed by atoms with Gasteiger partial charge in [-0.2, -0.15) is 0 Å². The number of hydrogen-bond acceptors (Lipinski definition) is 1. The van der Waals surface area contributed by atoms with Crippen LogP contribution in [-0.2, 0) is 0 Å². The average molecular weight is 209 g/mol. The van der Waals surface area contributed by atoms with Crippen molar-refractivity contribution in [1.82, 2.24) is 5.32 Å². The Labute approximate surface area is 91.7 Å². The summed E-state index contributed by atoms with van der Waals surface area (Å²) in [6.45, 7) is 8.31. The molecule has 15 heavy (non-hydrogen) atoms. The number of nitrogens with one attached hydrogen (secondary N) is 1. The highest BCUT2D eigenvalue weighted by atomic mass is 19.1. The van der Waals surface area contributed by atoms with Gasteiger partial charge in [0.2, 0.25) is 0 Å². The summed E-state index contributed by atoms with van der Waals surface area (Å²) in [7, 11) is 1.87. The zero-order chi connectivity index (χ0) is 11.6. The molecule has 0 aromatic heterocycles. The lowest BCUT2D eigenvalue weighted by Gasteiger charge is -2.31. The Morgan fingerprint density at radius 2 is 1.87 bits per heavy atom. The molecule has 0 bridgehead atoms. The maximum Gasteiger partial charge on any atom is 0.128 e. The quantitative estimate of drug-likeness (QED) is 0.786. The second kappa shape index (κ2) is 4.31. The molecule has 0 spiro atoms. The third-order valence-corrected chi connectivity index (χ3v) is 2.62. The number of rotatable bonds is 2. The topological polar surface area (TPSA) is 12.0 Å². The molecule has 0 aliphatic heterocycles. The van der Waals surface area contributed by atoms with Gasteiger partial charge < -0.3 is 5.32 Å². The van der Waals surface area contributed by atoms with Crippen LogP contribution in [0.5, 0.6) is 0 Å². The molecular formula is C13H20FN. The van der Waals surface area contributed by atoms with Gasteiger partial charge >= 0.3 is 0 Å². The zero-order valence-electron chi connectivity index (χ0n) is 10.2. The van der Waals surface area contributed by atoms with Crippen LogP contribution in [0.1, 0.15) is 37.9 Å². The zero-order valence-corrected chi connectivity index (χ0v) is 10.2. The highest BCUT2D eigenvalue weighted by Crippen LogP contribution is 2.33. The summed E-state index contributed by atoms with van der Waals surface area (Å²) in [4.78, 5) is 0. The summed E-state index contributed by atoms with van der Waals surface area (Å²) in [5.74, 6) is -0.130. The van der Waals surface area contributed by atoms with Gasteiger partial charge in [-0.25, -0.2) is 4.39 Å². The first-order chi connectivity index (χ1) is 6.86. The second-order valence-corrected chi connectivity index (χ2v) is 5.11. The molecule has 0 amide bonds. The van der Waals surface area contributed by atoms with Crippen LogP contribution in [0.25, 0.3) is 0 Å². The Morgan fingerprint density at radius 3 is 2.33 bits per heavy atom. The van der Waals surface area contributed by atoms with Crippen LogP contribution in [-0.4, -0.2) is 7.05 Å². The summed E-state index contributed by atoms with van der Waals surface area (Å²) in [5.41, 5.74) is 1.85. The van der Waals surface area contributed by atoms with Gasteiger partial charge in [0.25, 0.3) is 0 Å². The van der Waals surface area contributed by atoms with Crippen LogP contribution in [0.2, 0.25) is 0 Å². The molecule has 2 heteroatoms. The first kappa shape index (κ1) is 12.2. The molecular weight excluding hydrogens is 189 g/mol. The maximum atomic E-state index is 13.7. The molecule has 0 fully saturated rings. The van der Waals surface area contributed by atoms with Crippen molar-refractivity contribution >= 4 is 0 Å². The molecule has 1 aromatic carbocycles. The first-order valence-electron chi connectivity index (χ1n) is 5.29. The largest absolute Gasteiger partial charge is 0.312 e. The van der Waals surface area contributed by atoms with Crippen LogP contribution >= 0.6 is 0 Å². The van der Waals surface area contributed by atoms with Crippen molar-refractivity contribution in [2.45, 2.75) is 33.7 Å².